The highest BCUT2D eigenvalue weighted by Crippen LogP contribution is 2.18. The molecule has 0 fully saturated rings. The number of nitrogens with zero attached hydrogens (tertiary/aromatic N) is 2. The summed E-state index contributed by atoms with van der Waals surface area (Å²) in [6.07, 6.45) is 0.397. The molecular weight excluding hydrogens is 336 g/mol. The third-order valence-electron chi connectivity index (χ3n) is 3.87. The van der Waals surface area contributed by atoms with Gasteiger partial charge in [0.2, 0.25) is 0 Å². The third-order valence-corrected chi connectivity index (χ3v) is 3.87. The summed E-state index contributed by atoms with van der Waals surface area (Å²) in [7, 11) is 0. The van der Waals surface area contributed by atoms with Gasteiger partial charge in [0.05, 0.1) is 18.0 Å². The molecule has 3 rings (SSSR count). The Balaban J connectivity index is 1.42. The first kappa shape index (κ1) is 17.8. The van der Waals surface area contributed by atoms with E-state index in [1.165, 1.54) is 6.20 Å². The van der Waals surface area contributed by atoms with E-state index in [4.69, 9.17) is 4.74 Å². The summed E-state index contributed by atoms with van der Waals surface area (Å²) < 4.78 is 5.07. The van der Waals surface area contributed by atoms with Crippen LogP contribution in [0, 0.1) is 0 Å². The number of aromatic amines is 1. The van der Waals surface area contributed by atoms with E-state index in [-0.39, 0.29) is 25.3 Å². The molecule has 8 nitrogen and oxygen atoms in total. The molecule has 3 aromatic rings. The summed E-state index contributed by atoms with van der Waals surface area (Å²) in [4.78, 5) is 22.9. The van der Waals surface area contributed by atoms with Gasteiger partial charge in [0.15, 0.2) is 5.65 Å². The van der Waals surface area contributed by atoms with Crippen LogP contribution in [0.2, 0.25) is 0 Å². The fourth-order valence-corrected chi connectivity index (χ4v) is 2.44. The van der Waals surface area contributed by atoms with Gasteiger partial charge in [-0.3, -0.25) is 0 Å². The lowest BCUT2D eigenvalue weighted by molar-refractivity contribution is 0.0111. The van der Waals surface area contributed by atoms with Crippen LogP contribution in [0.25, 0.3) is 11.2 Å². The molecule has 4 N–H and O–H groups in total. The van der Waals surface area contributed by atoms with Gasteiger partial charge in [-0.2, -0.15) is 0 Å². The number of carbonyl (C=O) groups excluding carboxylic acids is 1. The third kappa shape index (κ3) is 4.56. The minimum absolute atomic E-state index is 0.147. The van der Waals surface area contributed by atoms with Crippen molar-refractivity contribution in [2.75, 3.05) is 6.54 Å². The summed E-state index contributed by atoms with van der Waals surface area (Å²) in [5, 5.41) is 22.8. The molecule has 2 unspecified atom stereocenters. The average molecular weight is 356 g/mol. The molecule has 8 heteroatoms. The van der Waals surface area contributed by atoms with Gasteiger partial charge in [0, 0.05) is 12.7 Å². The monoisotopic (exact) mass is 356 g/mol. The van der Waals surface area contributed by atoms with Gasteiger partial charge in [-0.1, -0.05) is 30.3 Å². The molecule has 2 atom stereocenters. The number of aliphatic hydroxyl groups excluding tert-OH is 2. The van der Waals surface area contributed by atoms with E-state index in [0.29, 0.717) is 11.2 Å². The Morgan fingerprint density at radius 3 is 2.85 bits per heavy atom. The van der Waals surface area contributed by atoms with Crippen molar-refractivity contribution < 1.29 is 19.7 Å². The zero-order chi connectivity index (χ0) is 18.4. The van der Waals surface area contributed by atoms with E-state index < -0.39 is 18.3 Å². The number of carbonyl (C=O) groups is 1. The second-order valence-corrected chi connectivity index (χ2v) is 5.80. The lowest BCUT2D eigenvalue weighted by atomic mass is 10.1. The molecule has 0 saturated carbocycles. The van der Waals surface area contributed by atoms with E-state index in [9.17, 15) is 15.0 Å². The highest BCUT2D eigenvalue weighted by molar-refractivity contribution is 5.70. The van der Waals surface area contributed by atoms with Crippen LogP contribution in [-0.4, -0.2) is 43.9 Å². The van der Waals surface area contributed by atoms with Crippen LogP contribution < -0.4 is 5.32 Å². The molecular formula is C18H20N4O4. The van der Waals surface area contributed by atoms with Crippen molar-refractivity contribution in [3.05, 3.63) is 60.0 Å². The van der Waals surface area contributed by atoms with Gasteiger partial charge in [-0.05, 0) is 18.1 Å². The van der Waals surface area contributed by atoms with Crippen LogP contribution in [0.1, 0.15) is 23.8 Å². The Bertz CT molecular complexity index is 853. The number of benzene rings is 1. The summed E-state index contributed by atoms with van der Waals surface area (Å²) in [6.45, 7) is 0.329. The first-order chi connectivity index (χ1) is 12.6. The molecule has 1 amide bonds. The summed E-state index contributed by atoms with van der Waals surface area (Å²) in [6, 6.07) is 11.1. The van der Waals surface area contributed by atoms with Crippen LogP contribution in [0.15, 0.2) is 48.8 Å². The number of nitrogens with one attached hydrogen (secondary N) is 2. The number of ether oxygens (including phenoxy) is 1. The Kier molecular flexibility index (Phi) is 5.77. The van der Waals surface area contributed by atoms with Crippen molar-refractivity contribution in [3.63, 3.8) is 0 Å². The van der Waals surface area contributed by atoms with Crippen molar-refractivity contribution >= 4 is 17.3 Å². The number of aromatic nitrogens is 3. The predicted octanol–water partition coefficient (Wildman–Crippen LogP) is 1.67. The number of hydrogen-bond acceptors (Lipinski definition) is 6. The van der Waals surface area contributed by atoms with Crippen LogP contribution in [-0.2, 0) is 11.3 Å². The second kappa shape index (κ2) is 8.41. The maximum absolute atomic E-state index is 11.7. The van der Waals surface area contributed by atoms with Crippen LogP contribution in [0.5, 0.6) is 0 Å². The minimum atomic E-state index is -1.19. The first-order valence-electron chi connectivity index (χ1n) is 8.24. The zero-order valence-corrected chi connectivity index (χ0v) is 14.0. The molecule has 1 aromatic carbocycles. The number of aliphatic hydroxyl groups is 2. The van der Waals surface area contributed by atoms with Gasteiger partial charge in [-0.25, -0.2) is 14.8 Å². The largest absolute Gasteiger partial charge is 0.445 e. The molecule has 2 aromatic heterocycles. The lowest BCUT2D eigenvalue weighted by Crippen LogP contribution is -2.30. The molecule has 136 valence electrons. The SMILES string of the molecule is O=C(NCCC(O)C(O)c1cnc2[nH]ccc2n1)OCc1ccccc1. The van der Waals surface area contributed by atoms with Crippen LogP contribution in [0.4, 0.5) is 4.79 Å². The second-order valence-electron chi connectivity index (χ2n) is 5.80. The highest BCUT2D eigenvalue weighted by Gasteiger charge is 2.20. The van der Waals surface area contributed by atoms with Crippen molar-refractivity contribution in [1.29, 1.82) is 0 Å². The Labute approximate surface area is 149 Å². The normalized spacial score (nSPS) is 13.3. The van der Waals surface area contributed by atoms with E-state index in [1.54, 1.807) is 12.3 Å². The fraction of sp³-hybridized carbons (Fsp3) is 0.278. The van der Waals surface area contributed by atoms with E-state index in [0.717, 1.165) is 5.56 Å². The fourth-order valence-electron chi connectivity index (χ4n) is 2.44. The number of alkyl carbamates (subject to hydrolysis) is 1. The van der Waals surface area contributed by atoms with Gasteiger partial charge < -0.3 is 25.3 Å². The number of H-pyrrole nitrogens is 1. The van der Waals surface area contributed by atoms with Crippen LogP contribution in [0.3, 0.4) is 0 Å². The van der Waals surface area contributed by atoms with Crippen molar-refractivity contribution in [3.8, 4) is 0 Å². The number of rotatable bonds is 7. The Hall–Kier alpha value is -2.97. The molecule has 2 heterocycles. The van der Waals surface area contributed by atoms with E-state index in [1.807, 2.05) is 30.3 Å². The molecule has 0 aliphatic carbocycles. The molecule has 0 radical (unpaired) electrons. The topological polar surface area (TPSA) is 120 Å². The van der Waals surface area contributed by atoms with Gasteiger partial charge >= 0.3 is 6.09 Å². The van der Waals surface area contributed by atoms with E-state index in [2.05, 4.69) is 20.3 Å². The van der Waals surface area contributed by atoms with Crippen molar-refractivity contribution in [2.45, 2.75) is 25.2 Å². The van der Waals surface area contributed by atoms with Gasteiger partial charge in [-0.15, -0.1) is 0 Å². The lowest BCUT2D eigenvalue weighted by Gasteiger charge is -2.17. The Morgan fingerprint density at radius 1 is 1.23 bits per heavy atom. The van der Waals surface area contributed by atoms with Crippen molar-refractivity contribution in [2.24, 2.45) is 0 Å². The van der Waals surface area contributed by atoms with Gasteiger partial charge in [0.25, 0.3) is 0 Å². The molecule has 0 aliphatic heterocycles. The number of fused-ring (bicyclic) bond motifs is 1. The van der Waals surface area contributed by atoms with Crippen LogP contribution >= 0.6 is 0 Å². The summed E-state index contributed by atoms with van der Waals surface area (Å²) >= 11 is 0. The minimum Gasteiger partial charge on any atom is -0.445 e. The molecule has 26 heavy (non-hydrogen) atoms. The first-order valence-corrected chi connectivity index (χ1v) is 8.24. The zero-order valence-electron chi connectivity index (χ0n) is 14.0. The maximum atomic E-state index is 11.7. The standard InChI is InChI=1S/C18H20N4O4/c23-15(16(24)14-10-21-17-13(22-14)6-8-19-17)7-9-20-18(25)26-11-12-4-2-1-3-5-12/h1-6,8,10,15-16,23-24H,7,9,11H2,(H,19,21)(H,20,25). The van der Waals surface area contributed by atoms with Crippen molar-refractivity contribution in [1.82, 2.24) is 20.3 Å². The quantitative estimate of drug-likeness (QED) is 0.511. The number of amides is 1. The average Bonchev–Trinajstić information content (AvgIpc) is 3.14. The highest BCUT2D eigenvalue weighted by atomic mass is 16.5. The molecule has 0 bridgehead atoms. The van der Waals surface area contributed by atoms with Gasteiger partial charge in [0.1, 0.15) is 18.2 Å². The smallest absolute Gasteiger partial charge is 0.407 e. The molecule has 0 spiro atoms. The summed E-state index contributed by atoms with van der Waals surface area (Å²) in [5.74, 6) is 0. The maximum Gasteiger partial charge on any atom is 0.407 e. The Morgan fingerprint density at radius 2 is 2.04 bits per heavy atom. The number of hydrogen-bond donors (Lipinski definition) is 4. The molecule has 0 aliphatic rings. The van der Waals surface area contributed by atoms with E-state index >= 15 is 0 Å². The summed E-state index contributed by atoms with van der Waals surface area (Å²) in [5.41, 5.74) is 2.38. The predicted molar refractivity (Wildman–Crippen MR) is 94.1 cm³/mol. The molecule has 0 saturated heterocycles.